The molecule has 0 unspecified atom stereocenters. The van der Waals surface area contributed by atoms with Crippen LogP contribution >= 0.6 is 0 Å². The fourth-order valence-corrected chi connectivity index (χ4v) is 2.61. The number of nitro groups is 1. The second-order valence-electron chi connectivity index (χ2n) is 5.45. The van der Waals surface area contributed by atoms with E-state index < -0.39 is 10.5 Å². The van der Waals surface area contributed by atoms with Gasteiger partial charge in [0.25, 0.3) is 11.2 Å². The van der Waals surface area contributed by atoms with Gasteiger partial charge in [0.15, 0.2) is 0 Å². The van der Waals surface area contributed by atoms with Gasteiger partial charge in [0.1, 0.15) is 17.4 Å². The minimum atomic E-state index is -0.553. The molecule has 0 radical (unpaired) electrons. The molecule has 0 saturated heterocycles. The molecule has 0 spiro atoms. The predicted molar refractivity (Wildman–Crippen MR) is 95.9 cm³/mol. The Morgan fingerprint density at radius 2 is 1.85 bits per heavy atom. The van der Waals surface area contributed by atoms with E-state index in [1.807, 2.05) is 6.07 Å². The molecule has 1 aromatic heterocycles. The zero-order valence-electron chi connectivity index (χ0n) is 13.7. The van der Waals surface area contributed by atoms with Crippen molar-refractivity contribution in [2.24, 2.45) is 0 Å². The Morgan fingerprint density at radius 1 is 1.12 bits per heavy atom. The third kappa shape index (κ3) is 3.16. The second kappa shape index (κ2) is 6.91. The average Bonchev–Trinajstić information content (AvgIpc) is 2.67. The molecule has 3 rings (SSSR count). The smallest absolute Gasteiger partial charge is 0.270 e. The molecule has 3 aromatic rings. The summed E-state index contributed by atoms with van der Waals surface area (Å²) in [6.07, 6.45) is 0. The first-order valence-corrected chi connectivity index (χ1v) is 7.60. The minimum absolute atomic E-state index is 0.0947. The summed E-state index contributed by atoms with van der Waals surface area (Å²) in [6.45, 7) is 0. The topological polar surface area (TPSA) is 109 Å². The maximum absolute atomic E-state index is 12.3. The number of aromatic amines is 1. The summed E-state index contributed by atoms with van der Waals surface area (Å²) in [6, 6.07) is 16.4. The lowest BCUT2D eigenvalue weighted by molar-refractivity contribution is -0.384. The van der Waals surface area contributed by atoms with Crippen LogP contribution < -0.4 is 10.3 Å². The van der Waals surface area contributed by atoms with Crippen LogP contribution in [0.4, 0.5) is 5.69 Å². The summed E-state index contributed by atoms with van der Waals surface area (Å²) in [5.74, 6) is 0.670. The number of non-ortho nitro benzene ring substituents is 1. The summed E-state index contributed by atoms with van der Waals surface area (Å²) in [5.41, 5.74) is 1.22. The zero-order chi connectivity index (χ0) is 18.7. The van der Waals surface area contributed by atoms with E-state index in [2.05, 4.69) is 4.98 Å². The van der Waals surface area contributed by atoms with Gasteiger partial charge in [0.2, 0.25) is 0 Å². The van der Waals surface area contributed by atoms with Crippen molar-refractivity contribution >= 4 is 5.69 Å². The lowest BCUT2D eigenvalue weighted by atomic mass is 9.98. The molecule has 1 heterocycles. The molecule has 0 fully saturated rings. The lowest BCUT2D eigenvalue weighted by Gasteiger charge is -2.09. The number of H-pyrrole nitrogens is 1. The Kier molecular flexibility index (Phi) is 4.50. The van der Waals surface area contributed by atoms with Crippen LogP contribution in [0, 0.1) is 21.4 Å². The van der Waals surface area contributed by atoms with Gasteiger partial charge >= 0.3 is 0 Å². The normalized spacial score (nSPS) is 10.2. The third-order valence-electron chi connectivity index (χ3n) is 3.91. The van der Waals surface area contributed by atoms with E-state index in [0.29, 0.717) is 22.6 Å². The molecule has 1 N–H and O–H groups in total. The highest BCUT2D eigenvalue weighted by Crippen LogP contribution is 2.29. The van der Waals surface area contributed by atoms with Crippen LogP contribution in [-0.4, -0.2) is 17.0 Å². The van der Waals surface area contributed by atoms with Crippen LogP contribution in [0.25, 0.3) is 22.4 Å². The Balaban J connectivity index is 2.20. The molecule has 0 saturated carbocycles. The number of hydrogen-bond donors (Lipinski definition) is 1. The second-order valence-corrected chi connectivity index (χ2v) is 5.45. The van der Waals surface area contributed by atoms with Gasteiger partial charge in [-0.1, -0.05) is 12.1 Å². The fraction of sp³-hybridized carbons (Fsp3) is 0.0526. The Hall–Kier alpha value is -3.92. The molecular formula is C19H13N3O4. The van der Waals surface area contributed by atoms with Crippen molar-refractivity contribution < 1.29 is 9.66 Å². The average molecular weight is 347 g/mol. The summed E-state index contributed by atoms with van der Waals surface area (Å²) in [5, 5.41) is 20.4. The Labute approximate surface area is 148 Å². The number of nitriles is 1. The number of nitrogens with zero attached hydrogens (tertiary/aromatic N) is 2. The van der Waals surface area contributed by atoms with E-state index in [4.69, 9.17) is 4.74 Å². The fourth-order valence-electron chi connectivity index (χ4n) is 2.61. The van der Waals surface area contributed by atoms with Crippen LogP contribution in [0.3, 0.4) is 0 Å². The molecule has 0 aliphatic rings. The molecule has 7 heteroatoms. The van der Waals surface area contributed by atoms with Gasteiger partial charge in [-0.2, -0.15) is 5.26 Å². The molecule has 2 aromatic carbocycles. The number of nitro benzene ring substituents is 1. The third-order valence-corrected chi connectivity index (χ3v) is 3.91. The number of nitrogens with one attached hydrogen (secondary N) is 1. The van der Waals surface area contributed by atoms with E-state index in [9.17, 15) is 20.2 Å². The van der Waals surface area contributed by atoms with Crippen LogP contribution in [0.1, 0.15) is 5.56 Å². The van der Waals surface area contributed by atoms with E-state index in [0.717, 1.165) is 5.56 Å². The number of benzene rings is 2. The quantitative estimate of drug-likeness (QED) is 0.574. The summed E-state index contributed by atoms with van der Waals surface area (Å²) in [7, 11) is 1.55. The van der Waals surface area contributed by atoms with E-state index in [1.54, 1.807) is 43.5 Å². The first-order chi connectivity index (χ1) is 12.5. The van der Waals surface area contributed by atoms with E-state index in [1.165, 1.54) is 18.2 Å². The Bertz CT molecular complexity index is 1080. The molecule has 7 nitrogen and oxygen atoms in total. The van der Waals surface area contributed by atoms with Crippen molar-refractivity contribution in [1.29, 1.82) is 5.26 Å². The van der Waals surface area contributed by atoms with Gasteiger partial charge in [-0.05, 0) is 41.5 Å². The van der Waals surface area contributed by atoms with Gasteiger partial charge in [-0.25, -0.2) is 0 Å². The molecule has 0 bridgehead atoms. The highest BCUT2D eigenvalue weighted by molar-refractivity contribution is 5.76. The number of ether oxygens (including phenoxy) is 1. The molecule has 0 atom stereocenters. The largest absolute Gasteiger partial charge is 0.497 e. The standard InChI is InChI=1S/C19H13N3O4/c1-26-15-7-5-12(6-8-15)18-10-16(17(11-20)19(23)21-18)13-3-2-4-14(9-13)22(24)25/h2-10H,1H3,(H,21,23). The molecule has 128 valence electrons. The number of aromatic nitrogens is 1. The highest BCUT2D eigenvalue weighted by Gasteiger charge is 2.15. The lowest BCUT2D eigenvalue weighted by Crippen LogP contribution is -2.12. The summed E-state index contributed by atoms with van der Waals surface area (Å²) < 4.78 is 5.12. The zero-order valence-corrected chi connectivity index (χ0v) is 13.7. The maximum atomic E-state index is 12.3. The maximum Gasteiger partial charge on any atom is 0.270 e. The van der Waals surface area contributed by atoms with E-state index >= 15 is 0 Å². The van der Waals surface area contributed by atoms with Crippen molar-refractivity contribution in [3.8, 4) is 34.2 Å². The number of methoxy groups -OCH3 is 1. The SMILES string of the molecule is COc1ccc(-c2cc(-c3cccc([N+](=O)[O-])c3)c(C#N)c(=O)[nH]2)cc1. The van der Waals surface area contributed by atoms with Crippen LogP contribution in [0.5, 0.6) is 5.75 Å². The van der Waals surface area contributed by atoms with Crippen molar-refractivity contribution in [2.45, 2.75) is 0 Å². The molecule has 0 aliphatic carbocycles. The minimum Gasteiger partial charge on any atom is -0.497 e. The van der Waals surface area contributed by atoms with Crippen molar-refractivity contribution in [1.82, 2.24) is 4.98 Å². The highest BCUT2D eigenvalue weighted by atomic mass is 16.6. The van der Waals surface area contributed by atoms with E-state index in [-0.39, 0.29) is 11.3 Å². The number of pyridine rings is 1. The first kappa shape index (κ1) is 16.9. The molecule has 0 aliphatic heterocycles. The van der Waals surface area contributed by atoms with Crippen molar-refractivity contribution in [3.05, 3.63) is 80.6 Å². The van der Waals surface area contributed by atoms with Gasteiger partial charge in [0, 0.05) is 23.4 Å². The van der Waals surface area contributed by atoms with Gasteiger partial charge in [-0.15, -0.1) is 0 Å². The summed E-state index contributed by atoms with van der Waals surface area (Å²) >= 11 is 0. The first-order valence-electron chi connectivity index (χ1n) is 7.60. The predicted octanol–water partition coefficient (Wildman–Crippen LogP) is 3.50. The van der Waals surface area contributed by atoms with Crippen molar-refractivity contribution in [2.75, 3.05) is 7.11 Å². The van der Waals surface area contributed by atoms with Crippen LogP contribution in [-0.2, 0) is 0 Å². The number of hydrogen-bond acceptors (Lipinski definition) is 5. The van der Waals surface area contributed by atoms with Crippen LogP contribution in [0.15, 0.2) is 59.4 Å². The Morgan fingerprint density at radius 3 is 2.46 bits per heavy atom. The molecule has 0 amide bonds. The van der Waals surface area contributed by atoms with Gasteiger partial charge in [-0.3, -0.25) is 14.9 Å². The molecular weight excluding hydrogens is 334 g/mol. The summed E-state index contributed by atoms with van der Waals surface area (Å²) in [4.78, 5) is 25.5. The number of rotatable bonds is 4. The van der Waals surface area contributed by atoms with Crippen LogP contribution in [0.2, 0.25) is 0 Å². The molecule has 26 heavy (non-hydrogen) atoms. The monoisotopic (exact) mass is 347 g/mol. The van der Waals surface area contributed by atoms with Gasteiger partial charge < -0.3 is 9.72 Å². The van der Waals surface area contributed by atoms with Gasteiger partial charge in [0.05, 0.1) is 12.0 Å². The van der Waals surface area contributed by atoms with Crippen molar-refractivity contribution in [3.63, 3.8) is 0 Å².